The normalized spacial score (nSPS) is 11.3. The minimum Gasteiger partial charge on any atom is -0.480 e. The van der Waals surface area contributed by atoms with E-state index in [4.69, 9.17) is 5.11 Å². The molecule has 1 aromatic rings. The van der Waals surface area contributed by atoms with Crippen LogP contribution in [0.1, 0.15) is 46.1 Å². The number of nitrogens with one attached hydrogen (secondary N) is 1. The monoisotopic (exact) mass is 292 g/mol. The number of hydrogen-bond acceptors (Lipinski definition) is 2. The van der Waals surface area contributed by atoms with Gasteiger partial charge in [0, 0.05) is 11.2 Å². The van der Waals surface area contributed by atoms with Gasteiger partial charge < -0.3 is 15.3 Å². The van der Waals surface area contributed by atoms with Crippen LogP contribution in [0.2, 0.25) is 0 Å². The molecule has 0 aliphatic heterocycles. The van der Waals surface area contributed by atoms with Gasteiger partial charge in [-0.2, -0.15) is 0 Å². The van der Waals surface area contributed by atoms with Gasteiger partial charge in [0.25, 0.3) is 0 Å². The molecule has 0 spiro atoms. The number of carbonyl (C=O) groups is 2. The van der Waals surface area contributed by atoms with Gasteiger partial charge in [0.15, 0.2) is 0 Å². The van der Waals surface area contributed by atoms with Crippen LogP contribution in [0, 0.1) is 0 Å². The SMILES string of the molecule is CC(C)c1cccc(NC(=O)N(CC(=O)O)C(C)(C)C)c1. The molecule has 0 radical (unpaired) electrons. The molecule has 0 saturated heterocycles. The molecule has 1 aromatic carbocycles. The molecule has 2 N–H and O–H groups in total. The minimum atomic E-state index is -1.03. The molecule has 2 amide bonds. The average Bonchev–Trinajstić information content (AvgIpc) is 2.34. The highest BCUT2D eigenvalue weighted by Crippen LogP contribution is 2.20. The summed E-state index contributed by atoms with van der Waals surface area (Å²) in [6, 6.07) is 7.17. The maximum absolute atomic E-state index is 12.3. The molecule has 0 bridgehead atoms. The van der Waals surface area contributed by atoms with Gasteiger partial charge in [0.05, 0.1) is 0 Å². The number of urea groups is 1. The molecule has 0 fully saturated rings. The highest BCUT2D eigenvalue weighted by Gasteiger charge is 2.28. The van der Waals surface area contributed by atoms with Crippen molar-refractivity contribution < 1.29 is 14.7 Å². The molecule has 0 atom stereocenters. The van der Waals surface area contributed by atoms with Gasteiger partial charge in [-0.3, -0.25) is 4.79 Å². The van der Waals surface area contributed by atoms with Gasteiger partial charge in [0.2, 0.25) is 0 Å². The summed E-state index contributed by atoms with van der Waals surface area (Å²) >= 11 is 0. The molecule has 21 heavy (non-hydrogen) atoms. The van der Waals surface area contributed by atoms with Crippen LogP contribution in [0.5, 0.6) is 0 Å². The fourth-order valence-corrected chi connectivity index (χ4v) is 1.92. The lowest BCUT2D eigenvalue weighted by Crippen LogP contribution is -2.50. The molecule has 5 nitrogen and oxygen atoms in total. The van der Waals surface area contributed by atoms with Crippen molar-refractivity contribution in [2.75, 3.05) is 11.9 Å². The van der Waals surface area contributed by atoms with Gasteiger partial charge >= 0.3 is 12.0 Å². The van der Waals surface area contributed by atoms with Gasteiger partial charge in [0.1, 0.15) is 6.54 Å². The zero-order valence-electron chi connectivity index (χ0n) is 13.3. The number of amides is 2. The van der Waals surface area contributed by atoms with Gasteiger partial charge in [-0.1, -0.05) is 26.0 Å². The molecule has 0 aliphatic rings. The predicted molar refractivity (Wildman–Crippen MR) is 83.6 cm³/mol. The van der Waals surface area contributed by atoms with E-state index in [1.807, 2.05) is 18.2 Å². The first-order chi connectivity index (χ1) is 9.61. The lowest BCUT2D eigenvalue weighted by molar-refractivity contribution is -0.138. The van der Waals surface area contributed by atoms with Crippen molar-refractivity contribution in [1.82, 2.24) is 4.90 Å². The second kappa shape index (κ2) is 6.61. The number of carboxylic acids is 1. The van der Waals surface area contributed by atoms with Crippen LogP contribution >= 0.6 is 0 Å². The largest absolute Gasteiger partial charge is 0.480 e. The average molecular weight is 292 g/mol. The minimum absolute atomic E-state index is 0.334. The van der Waals surface area contributed by atoms with Crippen molar-refractivity contribution in [3.63, 3.8) is 0 Å². The second-order valence-corrected chi connectivity index (χ2v) is 6.36. The topological polar surface area (TPSA) is 69.6 Å². The first kappa shape index (κ1) is 17.0. The predicted octanol–water partition coefficient (Wildman–Crippen LogP) is 3.53. The third-order valence-electron chi connectivity index (χ3n) is 3.15. The first-order valence-corrected chi connectivity index (χ1v) is 7.01. The number of hydrogen-bond donors (Lipinski definition) is 2. The number of carbonyl (C=O) groups excluding carboxylic acids is 1. The summed E-state index contributed by atoms with van der Waals surface area (Å²) in [5.74, 6) is -0.671. The van der Waals surface area contributed by atoms with E-state index in [1.54, 1.807) is 26.8 Å². The Labute approximate surface area is 126 Å². The van der Waals surface area contributed by atoms with E-state index in [0.717, 1.165) is 5.56 Å². The Hall–Kier alpha value is -2.04. The van der Waals surface area contributed by atoms with Crippen molar-refractivity contribution in [1.29, 1.82) is 0 Å². The summed E-state index contributed by atoms with van der Waals surface area (Å²) in [6.45, 7) is 9.24. The second-order valence-electron chi connectivity index (χ2n) is 6.36. The Morgan fingerprint density at radius 1 is 1.29 bits per heavy atom. The van der Waals surface area contributed by atoms with E-state index in [9.17, 15) is 9.59 Å². The van der Waals surface area contributed by atoms with Crippen LogP contribution in [0.4, 0.5) is 10.5 Å². The van der Waals surface area contributed by atoms with E-state index in [2.05, 4.69) is 19.2 Å². The zero-order valence-corrected chi connectivity index (χ0v) is 13.3. The molecular weight excluding hydrogens is 268 g/mol. The maximum atomic E-state index is 12.3. The number of carboxylic acid groups (broad SMARTS) is 1. The first-order valence-electron chi connectivity index (χ1n) is 7.01. The Kier molecular flexibility index (Phi) is 5.35. The smallest absolute Gasteiger partial charge is 0.323 e. The van der Waals surface area contributed by atoms with Gasteiger partial charge in [-0.25, -0.2) is 4.79 Å². The zero-order chi connectivity index (χ0) is 16.2. The highest BCUT2D eigenvalue weighted by molar-refractivity contribution is 5.91. The molecule has 0 aliphatic carbocycles. The van der Waals surface area contributed by atoms with Crippen LogP contribution in [-0.2, 0) is 4.79 Å². The van der Waals surface area contributed by atoms with Crippen molar-refractivity contribution in [2.24, 2.45) is 0 Å². The summed E-state index contributed by atoms with van der Waals surface area (Å²) in [5.41, 5.74) is 1.22. The quantitative estimate of drug-likeness (QED) is 0.892. The molecular formula is C16H24N2O3. The van der Waals surface area contributed by atoms with Gasteiger partial charge in [-0.15, -0.1) is 0 Å². The highest BCUT2D eigenvalue weighted by atomic mass is 16.4. The van der Waals surface area contributed by atoms with E-state index in [-0.39, 0.29) is 6.54 Å². The van der Waals surface area contributed by atoms with Gasteiger partial charge in [-0.05, 0) is 44.4 Å². The molecule has 0 aromatic heterocycles. The number of rotatable bonds is 4. The number of aliphatic carboxylic acids is 1. The molecule has 0 unspecified atom stereocenters. The Balaban J connectivity index is 2.91. The van der Waals surface area contributed by atoms with Crippen LogP contribution < -0.4 is 5.32 Å². The van der Waals surface area contributed by atoms with Crippen LogP contribution in [-0.4, -0.2) is 34.1 Å². The third-order valence-corrected chi connectivity index (χ3v) is 3.15. The van der Waals surface area contributed by atoms with Crippen LogP contribution in [0.3, 0.4) is 0 Å². The Morgan fingerprint density at radius 2 is 1.90 bits per heavy atom. The molecule has 0 saturated carbocycles. The Bertz CT molecular complexity index is 518. The lowest BCUT2D eigenvalue weighted by atomic mass is 10.0. The molecule has 1 rings (SSSR count). The fourth-order valence-electron chi connectivity index (χ4n) is 1.92. The summed E-state index contributed by atoms with van der Waals surface area (Å²) in [4.78, 5) is 24.6. The van der Waals surface area contributed by atoms with Crippen molar-refractivity contribution in [3.05, 3.63) is 29.8 Å². The lowest BCUT2D eigenvalue weighted by Gasteiger charge is -2.34. The van der Waals surface area contributed by atoms with Crippen molar-refractivity contribution in [3.8, 4) is 0 Å². The summed E-state index contributed by atoms with van der Waals surface area (Å²) in [7, 11) is 0. The van der Waals surface area contributed by atoms with E-state index < -0.39 is 17.5 Å². The number of benzene rings is 1. The maximum Gasteiger partial charge on any atom is 0.323 e. The molecule has 116 valence electrons. The molecule has 0 heterocycles. The number of anilines is 1. The number of nitrogens with zero attached hydrogens (tertiary/aromatic N) is 1. The summed E-state index contributed by atoms with van der Waals surface area (Å²) in [5, 5.41) is 11.7. The van der Waals surface area contributed by atoms with Crippen LogP contribution in [0.25, 0.3) is 0 Å². The van der Waals surface area contributed by atoms with E-state index in [0.29, 0.717) is 11.6 Å². The van der Waals surface area contributed by atoms with E-state index >= 15 is 0 Å². The van der Waals surface area contributed by atoms with Crippen molar-refractivity contribution >= 4 is 17.7 Å². The summed E-state index contributed by atoms with van der Waals surface area (Å²) in [6.07, 6.45) is 0. The molecule has 5 heteroatoms. The van der Waals surface area contributed by atoms with Crippen LogP contribution in [0.15, 0.2) is 24.3 Å². The standard InChI is InChI=1S/C16H24N2O3/c1-11(2)12-7-6-8-13(9-12)17-15(21)18(10-14(19)20)16(3,4)5/h6-9,11H,10H2,1-5H3,(H,17,21)(H,19,20). The van der Waals surface area contributed by atoms with Crippen molar-refractivity contribution in [2.45, 2.75) is 46.1 Å². The third kappa shape index (κ3) is 5.10. The van der Waals surface area contributed by atoms with E-state index in [1.165, 1.54) is 4.90 Å². The fraction of sp³-hybridized carbons (Fsp3) is 0.500. The Morgan fingerprint density at radius 3 is 2.38 bits per heavy atom. The summed E-state index contributed by atoms with van der Waals surface area (Å²) < 4.78 is 0.